The smallest absolute Gasteiger partial charge is 0.133 e. The first-order valence-electron chi connectivity index (χ1n) is 6.92. The molecular formula is C16H19BrN2O. The molecule has 0 radical (unpaired) electrons. The number of halogens is 1. The van der Waals surface area contributed by atoms with Gasteiger partial charge in [-0.15, -0.1) is 0 Å². The normalized spacial score (nSPS) is 18.4. The molecule has 0 saturated carbocycles. The van der Waals surface area contributed by atoms with Gasteiger partial charge in [0.25, 0.3) is 0 Å². The van der Waals surface area contributed by atoms with Crippen molar-refractivity contribution >= 4 is 32.7 Å². The number of rotatable bonds is 2. The van der Waals surface area contributed by atoms with Crippen LogP contribution >= 0.6 is 15.9 Å². The number of benzene rings is 1. The zero-order chi connectivity index (χ0) is 14.2. The van der Waals surface area contributed by atoms with Gasteiger partial charge < -0.3 is 9.64 Å². The molecule has 0 atom stereocenters. The lowest BCUT2D eigenvalue weighted by atomic mass is 10.0. The van der Waals surface area contributed by atoms with Gasteiger partial charge in [-0.05, 0) is 26.0 Å². The zero-order valence-corrected chi connectivity index (χ0v) is 13.5. The lowest BCUT2D eigenvalue weighted by Gasteiger charge is -2.43. The standard InChI is InChI=1S/C16H19BrN2O/c1-16(2)11-20-8-7-19(16)15-13(10-17)9-12-5-3-4-6-14(12)18-15/h3-6,9H,7-8,10-11H2,1-2H3. The van der Waals surface area contributed by atoms with Crippen molar-refractivity contribution in [2.45, 2.75) is 24.7 Å². The predicted molar refractivity (Wildman–Crippen MR) is 86.6 cm³/mol. The van der Waals surface area contributed by atoms with Crippen molar-refractivity contribution in [1.29, 1.82) is 0 Å². The van der Waals surface area contributed by atoms with Gasteiger partial charge in [0.05, 0.1) is 24.3 Å². The third-order valence-electron chi connectivity index (χ3n) is 3.82. The minimum atomic E-state index is -0.0232. The second kappa shape index (κ2) is 5.34. The fourth-order valence-corrected chi connectivity index (χ4v) is 3.15. The molecule has 106 valence electrons. The fourth-order valence-electron chi connectivity index (χ4n) is 2.73. The first kappa shape index (κ1) is 13.8. The molecular weight excluding hydrogens is 316 g/mol. The Labute approximate surface area is 128 Å². The van der Waals surface area contributed by atoms with Gasteiger partial charge in [0, 0.05) is 22.8 Å². The van der Waals surface area contributed by atoms with Crippen LogP contribution in [0.1, 0.15) is 19.4 Å². The topological polar surface area (TPSA) is 25.4 Å². The van der Waals surface area contributed by atoms with Crippen LogP contribution in [0.2, 0.25) is 0 Å². The Hall–Kier alpha value is -1.13. The van der Waals surface area contributed by atoms with E-state index in [-0.39, 0.29) is 5.54 Å². The van der Waals surface area contributed by atoms with E-state index in [4.69, 9.17) is 9.72 Å². The molecule has 1 aliphatic heterocycles. The molecule has 3 rings (SSSR count). The largest absolute Gasteiger partial charge is 0.377 e. The highest BCUT2D eigenvalue weighted by atomic mass is 79.9. The highest BCUT2D eigenvalue weighted by Crippen LogP contribution is 2.31. The highest BCUT2D eigenvalue weighted by Gasteiger charge is 2.32. The first-order valence-corrected chi connectivity index (χ1v) is 8.04. The van der Waals surface area contributed by atoms with Gasteiger partial charge in [-0.25, -0.2) is 4.98 Å². The van der Waals surface area contributed by atoms with Crippen LogP contribution in [0, 0.1) is 0 Å². The number of fused-ring (bicyclic) bond motifs is 1. The average Bonchev–Trinajstić information content (AvgIpc) is 2.45. The molecule has 2 heterocycles. The van der Waals surface area contributed by atoms with Crippen LogP contribution in [0.5, 0.6) is 0 Å². The maximum atomic E-state index is 5.62. The Morgan fingerprint density at radius 2 is 2.15 bits per heavy atom. The minimum Gasteiger partial charge on any atom is -0.377 e. The quantitative estimate of drug-likeness (QED) is 0.782. The van der Waals surface area contributed by atoms with Crippen LogP contribution in [-0.2, 0) is 10.1 Å². The second-order valence-electron chi connectivity index (χ2n) is 5.81. The molecule has 1 aliphatic rings. The number of morpholine rings is 1. The van der Waals surface area contributed by atoms with Gasteiger partial charge in [0.15, 0.2) is 0 Å². The molecule has 0 spiro atoms. The van der Waals surface area contributed by atoms with Crippen molar-refractivity contribution in [3.63, 3.8) is 0 Å². The summed E-state index contributed by atoms with van der Waals surface area (Å²) in [4.78, 5) is 7.28. The van der Waals surface area contributed by atoms with Gasteiger partial charge in [0.2, 0.25) is 0 Å². The average molecular weight is 335 g/mol. The summed E-state index contributed by atoms with van der Waals surface area (Å²) in [6.07, 6.45) is 0. The summed E-state index contributed by atoms with van der Waals surface area (Å²) in [6.45, 7) is 6.81. The Bertz CT molecular complexity index is 627. The zero-order valence-electron chi connectivity index (χ0n) is 11.9. The van der Waals surface area contributed by atoms with Crippen LogP contribution in [0.25, 0.3) is 10.9 Å². The molecule has 0 amide bonds. The second-order valence-corrected chi connectivity index (χ2v) is 6.37. The number of hydrogen-bond acceptors (Lipinski definition) is 3. The minimum absolute atomic E-state index is 0.0232. The van der Waals surface area contributed by atoms with Crippen molar-refractivity contribution in [1.82, 2.24) is 4.98 Å². The van der Waals surface area contributed by atoms with E-state index >= 15 is 0 Å². The Kier molecular flexibility index (Phi) is 3.69. The number of alkyl halides is 1. The van der Waals surface area contributed by atoms with Gasteiger partial charge in [-0.2, -0.15) is 0 Å². The lowest BCUT2D eigenvalue weighted by molar-refractivity contribution is 0.0639. The Morgan fingerprint density at radius 3 is 2.90 bits per heavy atom. The molecule has 20 heavy (non-hydrogen) atoms. The van der Waals surface area contributed by atoms with E-state index < -0.39 is 0 Å². The molecule has 4 heteroatoms. The number of nitrogens with zero attached hydrogens (tertiary/aromatic N) is 2. The summed E-state index contributed by atoms with van der Waals surface area (Å²) in [5, 5.41) is 2.00. The maximum Gasteiger partial charge on any atom is 0.133 e. The van der Waals surface area contributed by atoms with Gasteiger partial charge >= 0.3 is 0 Å². The number of aromatic nitrogens is 1. The molecule has 1 aromatic heterocycles. The van der Waals surface area contributed by atoms with Crippen molar-refractivity contribution in [2.75, 3.05) is 24.7 Å². The van der Waals surface area contributed by atoms with E-state index in [1.165, 1.54) is 10.9 Å². The van der Waals surface area contributed by atoms with E-state index in [0.29, 0.717) is 0 Å². The summed E-state index contributed by atoms with van der Waals surface area (Å²) in [6, 6.07) is 10.5. The number of anilines is 1. The molecule has 0 N–H and O–H groups in total. The van der Waals surface area contributed by atoms with E-state index in [1.54, 1.807) is 0 Å². The van der Waals surface area contributed by atoms with Crippen LogP contribution in [0.15, 0.2) is 30.3 Å². The van der Waals surface area contributed by atoms with Crippen molar-refractivity contribution in [2.24, 2.45) is 0 Å². The monoisotopic (exact) mass is 334 g/mol. The SMILES string of the molecule is CC1(C)COCCN1c1nc2ccccc2cc1CBr. The molecule has 0 aliphatic carbocycles. The van der Waals surface area contributed by atoms with E-state index in [0.717, 1.165) is 36.4 Å². The molecule has 0 bridgehead atoms. The van der Waals surface area contributed by atoms with Gasteiger partial charge in [-0.3, -0.25) is 0 Å². The summed E-state index contributed by atoms with van der Waals surface area (Å²) in [5.41, 5.74) is 2.26. The van der Waals surface area contributed by atoms with E-state index in [2.05, 4.69) is 58.9 Å². The summed E-state index contributed by atoms with van der Waals surface area (Å²) >= 11 is 3.60. The molecule has 0 unspecified atom stereocenters. The van der Waals surface area contributed by atoms with Gasteiger partial charge in [0.1, 0.15) is 5.82 Å². The molecule has 2 aromatic rings. The van der Waals surface area contributed by atoms with Crippen LogP contribution in [-0.4, -0.2) is 30.3 Å². The highest BCUT2D eigenvalue weighted by molar-refractivity contribution is 9.08. The fraction of sp³-hybridized carbons (Fsp3) is 0.438. The first-order chi connectivity index (χ1) is 9.62. The molecule has 3 nitrogen and oxygen atoms in total. The van der Waals surface area contributed by atoms with E-state index in [1.807, 2.05) is 6.07 Å². The summed E-state index contributed by atoms with van der Waals surface area (Å²) < 4.78 is 5.62. The number of pyridine rings is 1. The lowest BCUT2D eigenvalue weighted by Crippen LogP contribution is -2.53. The molecule has 1 fully saturated rings. The predicted octanol–water partition coefficient (Wildman–Crippen LogP) is 3.74. The Balaban J connectivity index is 2.13. The molecule has 1 aromatic carbocycles. The molecule has 1 saturated heterocycles. The van der Waals surface area contributed by atoms with Crippen LogP contribution < -0.4 is 4.90 Å². The maximum absolute atomic E-state index is 5.62. The third kappa shape index (κ3) is 2.42. The van der Waals surface area contributed by atoms with Crippen molar-refractivity contribution in [3.8, 4) is 0 Å². The van der Waals surface area contributed by atoms with Gasteiger partial charge in [-0.1, -0.05) is 34.1 Å². The number of ether oxygens (including phenoxy) is 1. The summed E-state index contributed by atoms with van der Waals surface area (Å²) in [7, 11) is 0. The third-order valence-corrected chi connectivity index (χ3v) is 4.43. The summed E-state index contributed by atoms with van der Waals surface area (Å²) in [5.74, 6) is 1.08. The van der Waals surface area contributed by atoms with Crippen LogP contribution in [0.4, 0.5) is 5.82 Å². The van der Waals surface area contributed by atoms with Crippen LogP contribution in [0.3, 0.4) is 0 Å². The van der Waals surface area contributed by atoms with Crippen molar-refractivity contribution in [3.05, 3.63) is 35.9 Å². The number of hydrogen-bond donors (Lipinski definition) is 0. The number of para-hydroxylation sites is 1. The van der Waals surface area contributed by atoms with E-state index in [9.17, 15) is 0 Å². The Morgan fingerprint density at radius 1 is 1.35 bits per heavy atom. The van der Waals surface area contributed by atoms with Crippen molar-refractivity contribution < 1.29 is 4.74 Å².